The number of nitrogens with zero attached hydrogens (tertiary/aromatic N) is 4. The molecular formula is C16H18N6O7S2. The number of β-lactam (4-membered cyclic amide) rings is 1. The number of nitrogens with two attached hydrogens (primary N) is 1. The van der Waals surface area contributed by atoms with Gasteiger partial charge in [0.2, 0.25) is 5.60 Å². The minimum Gasteiger partial charge on any atom is -0.478 e. The van der Waals surface area contributed by atoms with Crippen molar-refractivity contribution < 1.29 is 33.9 Å². The summed E-state index contributed by atoms with van der Waals surface area (Å²) in [6.07, 6.45) is -0.00368. The molecule has 3 aliphatic rings. The van der Waals surface area contributed by atoms with Gasteiger partial charge in [0.05, 0.1) is 12.6 Å². The quantitative estimate of drug-likeness (QED) is 0.161. The minimum atomic E-state index is -1.47. The number of cyclic esters (lactones) is 1. The Bertz CT molecular complexity index is 977. The van der Waals surface area contributed by atoms with Crippen LogP contribution >= 0.6 is 24.2 Å². The van der Waals surface area contributed by atoms with Gasteiger partial charge in [-0.2, -0.15) is 0 Å². The van der Waals surface area contributed by atoms with Crippen LogP contribution in [0.25, 0.3) is 0 Å². The molecule has 4 N–H and O–H groups in total. The molecule has 13 nitrogen and oxygen atoms in total. The number of hydrogen-bond acceptors (Lipinski definition) is 11. The average molecular weight is 470 g/mol. The monoisotopic (exact) mass is 470 g/mol. The fourth-order valence-corrected chi connectivity index (χ4v) is 3.97. The highest BCUT2D eigenvalue weighted by molar-refractivity contribution is 7.78. The molecule has 4 rings (SSSR count). The van der Waals surface area contributed by atoms with Gasteiger partial charge in [0.25, 0.3) is 11.8 Å². The van der Waals surface area contributed by atoms with E-state index in [0.717, 1.165) is 15.6 Å². The number of ether oxygens (including phenoxy) is 1. The molecular weight excluding hydrogens is 452 g/mol. The Morgan fingerprint density at radius 2 is 2.23 bits per heavy atom. The van der Waals surface area contributed by atoms with Gasteiger partial charge in [0.15, 0.2) is 10.8 Å². The molecule has 31 heavy (non-hydrogen) atoms. The Hall–Kier alpha value is -3.07. The molecule has 1 aromatic rings. The number of carboxylic acid groups (broad SMARTS) is 1. The number of amides is 3. The highest BCUT2D eigenvalue weighted by atomic mass is 32.1. The molecule has 0 bridgehead atoms. The van der Waals surface area contributed by atoms with E-state index in [4.69, 9.17) is 15.3 Å². The van der Waals surface area contributed by atoms with Crippen molar-refractivity contribution in [2.24, 2.45) is 5.16 Å². The van der Waals surface area contributed by atoms with Crippen molar-refractivity contribution in [2.45, 2.75) is 30.5 Å². The SMILES string of the molecule is Nc1nc(/C(=N/OC2(C(=O)O)CC2)C(=O)N[C@@H]2C(=O)N(S)[C@@H]2CN2CCOC2=O)cs1. The molecule has 3 heterocycles. The molecule has 0 spiro atoms. The second-order valence-corrected chi connectivity index (χ2v) is 8.48. The first-order valence-corrected chi connectivity index (χ1v) is 10.5. The zero-order valence-corrected chi connectivity index (χ0v) is 17.6. The minimum absolute atomic E-state index is 0.0790. The Balaban J connectivity index is 1.50. The summed E-state index contributed by atoms with van der Waals surface area (Å²) in [6, 6.07) is -1.57. The van der Waals surface area contributed by atoms with Gasteiger partial charge in [-0.25, -0.2) is 14.6 Å². The molecule has 1 aromatic heterocycles. The van der Waals surface area contributed by atoms with Crippen LogP contribution in [0.4, 0.5) is 9.93 Å². The molecule has 1 saturated carbocycles. The summed E-state index contributed by atoms with van der Waals surface area (Å²) in [5.41, 5.74) is 3.92. The van der Waals surface area contributed by atoms with Crippen molar-refractivity contribution in [2.75, 3.05) is 25.4 Å². The standard InChI is InChI=1S/C16H18N6O7S2/c17-14-18-7(6-31-14)9(20-29-16(1-2-16)13(25)26)11(23)19-10-8(22(30)12(10)24)5-21-3-4-28-15(21)27/h6,8,10,30H,1-5H2,(H2,17,18)(H,19,23)(H,25,26)/b20-9-/t8-,10+/m1/s1. The fraction of sp³-hybridized carbons (Fsp3) is 0.500. The lowest BCUT2D eigenvalue weighted by molar-refractivity contribution is -0.153. The van der Waals surface area contributed by atoms with E-state index >= 15 is 0 Å². The third-order valence-electron chi connectivity index (χ3n) is 5.11. The predicted octanol–water partition coefficient (Wildman–Crippen LogP) is -0.944. The molecule has 2 saturated heterocycles. The van der Waals surface area contributed by atoms with Gasteiger partial charge in [-0.1, -0.05) is 18.0 Å². The lowest BCUT2D eigenvalue weighted by Gasteiger charge is -2.44. The molecule has 0 radical (unpaired) electrons. The van der Waals surface area contributed by atoms with E-state index in [1.54, 1.807) is 0 Å². The Morgan fingerprint density at radius 1 is 1.48 bits per heavy atom. The number of oxime groups is 1. The molecule has 2 atom stereocenters. The van der Waals surface area contributed by atoms with Gasteiger partial charge in [-0.05, 0) is 0 Å². The predicted molar refractivity (Wildman–Crippen MR) is 108 cm³/mol. The zero-order valence-electron chi connectivity index (χ0n) is 15.9. The first-order chi connectivity index (χ1) is 14.7. The number of nitrogen functional groups attached to an aromatic ring is 1. The number of nitrogens with one attached hydrogen (secondary N) is 1. The summed E-state index contributed by atoms with van der Waals surface area (Å²) in [4.78, 5) is 58.7. The lowest BCUT2D eigenvalue weighted by Crippen LogP contribution is -2.70. The van der Waals surface area contributed by atoms with Crippen molar-refractivity contribution in [3.63, 3.8) is 0 Å². The van der Waals surface area contributed by atoms with Crippen molar-refractivity contribution in [3.8, 4) is 0 Å². The maximum Gasteiger partial charge on any atom is 0.410 e. The largest absolute Gasteiger partial charge is 0.478 e. The van der Waals surface area contributed by atoms with Crippen LogP contribution in [0.3, 0.4) is 0 Å². The van der Waals surface area contributed by atoms with Crippen LogP contribution in [0.2, 0.25) is 0 Å². The number of thiol groups is 1. The van der Waals surface area contributed by atoms with Gasteiger partial charge >= 0.3 is 12.1 Å². The number of aliphatic carboxylic acids is 1. The van der Waals surface area contributed by atoms with Crippen LogP contribution < -0.4 is 11.1 Å². The molecule has 0 unspecified atom stereocenters. The molecule has 15 heteroatoms. The summed E-state index contributed by atoms with van der Waals surface area (Å²) >= 11 is 5.16. The third kappa shape index (κ3) is 3.97. The van der Waals surface area contributed by atoms with Gasteiger partial charge < -0.3 is 30.6 Å². The van der Waals surface area contributed by atoms with E-state index in [0.29, 0.717) is 6.54 Å². The summed E-state index contributed by atoms with van der Waals surface area (Å²) in [6.45, 7) is 0.726. The first kappa shape index (κ1) is 21.2. The highest BCUT2D eigenvalue weighted by Gasteiger charge is 2.55. The Morgan fingerprint density at radius 3 is 2.77 bits per heavy atom. The Kier molecular flexibility index (Phi) is 5.38. The number of hydrogen-bond donors (Lipinski definition) is 4. The van der Waals surface area contributed by atoms with Gasteiger partial charge in [0, 0.05) is 24.8 Å². The second kappa shape index (κ2) is 7.88. The van der Waals surface area contributed by atoms with Crippen LogP contribution in [-0.4, -0.2) is 86.3 Å². The van der Waals surface area contributed by atoms with E-state index < -0.39 is 41.6 Å². The number of anilines is 1. The van der Waals surface area contributed by atoms with Crippen molar-refractivity contribution in [1.82, 2.24) is 19.5 Å². The third-order valence-corrected chi connectivity index (χ3v) is 6.28. The van der Waals surface area contributed by atoms with E-state index in [1.807, 2.05) is 0 Å². The number of carboxylic acids is 1. The van der Waals surface area contributed by atoms with E-state index in [-0.39, 0.29) is 42.5 Å². The summed E-state index contributed by atoms with van der Waals surface area (Å²) in [5.74, 6) is -2.47. The van der Waals surface area contributed by atoms with Crippen LogP contribution in [-0.2, 0) is 24.0 Å². The normalized spacial score (nSPS) is 24.5. The number of carbonyl (C=O) groups excluding carboxylic acids is 3. The summed E-state index contributed by atoms with van der Waals surface area (Å²) in [5, 5.41) is 17.2. The first-order valence-electron chi connectivity index (χ1n) is 9.17. The van der Waals surface area contributed by atoms with Crippen LogP contribution in [0.1, 0.15) is 18.5 Å². The molecule has 0 aromatic carbocycles. The highest BCUT2D eigenvalue weighted by Crippen LogP contribution is 2.40. The molecule has 3 fully saturated rings. The van der Waals surface area contributed by atoms with Gasteiger partial charge in [0.1, 0.15) is 18.3 Å². The smallest absolute Gasteiger partial charge is 0.410 e. The Labute approximate surface area is 184 Å². The van der Waals surface area contributed by atoms with Crippen LogP contribution in [0.5, 0.6) is 0 Å². The van der Waals surface area contributed by atoms with Crippen LogP contribution in [0, 0.1) is 0 Å². The van der Waals surface area contributed by atoms with E-state index in [1.165, 1.54) is 10.3 Å². The zero-order chi connectivity index (χ0) is 22.3. The maximum absolute atomic E-state index is 12.9. The molecule has 166 valence electrons. The number of thiazole rings is 1. The van der Waals surface area contributed by atoms with Crippen molar-refractivity contribution in [1.29, 1.82) is 0 Å². The maximum atomic E-state index is 12.9. The molecule has 1 aliphatic carbocycles. The topological polar surface area (TPSA) is 177 Å². The average Bonchev–Trinajstić information content (AvgIpc) is 3.25. The van der Waals surface area contributed by atoms with Crippen molar-refractivity contribution in [3.05, 3.63) is 11.1 Å². The number of aromatic nitrogens is 1. The number of rotatable bonds is 8. The molecule has 2 aliphatic heterocycles. The fourth-order valence-electron chi connectivity index (χ4n) is 3.09. The van der Waals surface area contributed by atoms with Gasteiger partial charge in [-0.15, -0.1) is 11.3 Å². The second-order valence-electron chi connectivity index (χ2n) is 7.16. The van der Waals surface area contributed by atoms with E-state index in [9.17, 15) is 24.3 Å². The lowest BCUT2D eigenvalue weighted by atomic mass is 9.97. The van der Waals surface area contributed by atoms with Crippen LogP contribution in [0.15, 0.2) is 10.5 Å². The molecule has 3 amide bonds. The van der Waals surface area contributed by atoms with Gasteiger partial charge in [-0.3, -0.25) is 13.9 Å². The van der Waals surface area contributed by atoms with E-state index in [2.05, 4.69) is 28.3 Å². The summed E-state index contributed by atoms with van der Waals surface area (Å²) < 4.78 is 5.99. The van der Waals surface area contributed by atoms with Crippen molar-refractivity contribution >= 4 is 58.9 Å². The number of carbonyl (C=O) groups is 4. The summed E-state index contributed by atoms with van der Waals surface area (Å²) in [7, 11) is 0.